The fourth-order valence-corrected chi connectivity index (χ4v) is 2.11. The van der Waals surface area contributed by atoms with Crippen molar-refractivity contribution < 1.29 is 13.2 Å². The number of thiazole rings is 1. The first kappa shape index (κ1) is 14.4. The Morgan fingerprint density at radius 3 is 2.82 bits per heavy atom. The van der Waals surface area contributed by atoms with E-state index < -0.39 is 12.6 Å². The summed E-state index contributed by atoms with van der Waals surface area (Å²) in [6.45, 7) is 2.67. The molecule has 1 unspecified atom stereocenters. The van der Waals surface area contributed by atoms with Crippen LogP contribution in [0.4, 0.5) is 13.2 Å². The second-order valence-corrected chi connectivity index (χ2v) is 4.81. The minimum absolute atomic E-state index is 0.121. The number of alkyl halides is 3. The second-order valence-electron chi connectivity index (χ2n) is 4.09. The van der Waals surface area contributed by atoms with Crippen LogP contribution in [0.15, 0.2) is 10.9 Å². The van der Waals surface area contributed by atoms with Gasteiger partial charge in [0.25, 0.3) is 0 Å². The lowest BCUT2D eigenvalue weighted by Crippen LogP contribution is -2.28. The molecule has 0 saturated heterocycles. The van der Waals surface area contributed by atoms with E-state index in [-0.39, 0.29) is 12.5 Å². The zero-order valence-electron chi connectivity index (χ0n) is 9.76. The molecule has 98 valence electrons. The Labute approximate surface area is 103 Å². The monoisotopic (exact) mass is 266 g/mol. The molecule has 0 aliphatic carbocycles. The molecular formula is C11H17F3N2S. The highest BCUT2D eigenvalue weighted by molar-refractivity contribution is 7.07. The Hall–Kier alpha value is -0.620. The molecule has 6 heteroatoms. The van der Waals surface area contributed by atoms with Crippen LogP contribution in [0, 0.1) is 0 Å². The van der Waals surface area contributed by atoms with Crippen molar-refractivity contribution in [3.8, 4) is 0 Å². The highest BCUT2D eigenvalue weighted by atomic mass is 32.1. The van der Waals surface area contributed by atoms with Gasteiger partial charge in [0.15, 0.2) is 0 Å². The largest absolute Gasteiger partial charge is 0.389 e. The van der Waals surface area contributed by atoms with Gasteiger partial charge in [0, 0.05) is 30.8 Å². The van der Waals surface area contributed by atoms with Crippen LogP contribution in [0.3, 0.4) is 0 Å². The molecule has 0 bridgehead atoms. The Bertz CT molecular complexity index is 298. The summed E-state index contributed by atoms with van der Waals surface area (Å²) in [5.74, 6) is 0. The van der Waals surface area contributed by atoms with Crippen LogP contribution in [0.25, 0.3) is 0 Å². The first-order valence-electron chi connectivity index (χ1n) is 5.64. The molecule has 0 fully saturated rings. The Balaban J connectivity index is 2.03. The quantitative estimate of drug-likeness (QED) is 0.818. The Morgan fingerprint density at radius 1 is 1.47 bits per heavy atom. The number of hydrogen-bond donors (Lipinski definition) is 1. The predicted octanol–water partition coefficient (Wildman–Crippen LogP) is 3.40. The van der Waals surface area contributed by atoms with Crippen LogP contribution in [0.1, 0.15) is 31.9 Å². The van der Waals surface area contributed by atoms with E-state index in [0.717, 1.165) is 18.7 Å². The number of halogens is 3. The van der Waals surface area contributed by atoms with Crippen molar-refractivity contribution in [2.75, 3.05) is 6.54 Å². The first-order chi connectivity index (χ1) is 7.97. The van der Waals surface area contributed by atoms with Gasteiger partial charge in [-0.2, -0.15) is 13.2 Å². The van der Waals surface area contributed by atoms with Crippen LogP contribution in [0.2, 0.25) is 0 Å². The van der Waals surface area contributed by atoms with Crippen molar-refractivity contribution >= 4 is 11.3 Å². The van der Waals surface area contributed by atoms with E-state index in [2.05, 4.69) is 10.3 Å². The lowest BCUT2D eigenvalue weighted by molar-refractivity contribution is -0.135. The van der Waals surface area contributed by atoms with Crippen molar-refractivity contribution in [2.24, 2.45) is 0 Å². The maximum Gasteiger partial charge on any atom is 0.389 e. The van der Waals surface area contributed by atoms with Gasteiger partial charge in [-0.25, -0.2) is 4.98 Å². The molecule has 1 aromatic rings. The minimum atomic E-state index is -4.03. The van der Waals surface area contributed by atoms with E-state index in [0.29, 0.717) is 6.42 Å². The fraction of sp³-hybridized carbons (Fsp3) is 0.727. The number of hydrogen-bond acceptors (Lipinski definition) is 3. The molecule has 17 heavy (non-hydrogen) atoms. The molecule has 0 saturated carbocycles. The summed E-state index contributed by atoms with van der Waals surface area (Å²) in [5.41, 5.74) is 2.81. The summed E-state index contributed by atoms with van der Waals surface area (Å²) in [7, 11) is 0. The van der Waals surface area contributed by atoms with Crippen molar-refractivity contribution in [3.05, 3.63) is 16.6 Å². The molecule has 1 N–H and O–H groups in total. The number of nitrogens with one attached hydrogen (secondary N) is 1. The third-order valence-corrected chi connectivity index (χ3v) is 3.09. The van der Waals surface area contributed by atoms with Gasteiger partial charge < -0.3 is 5.32 Å². The molecule has 0 spiro atoms. The standard InChI is InChI=1S/C11H17F3N2S/c1-9(3-2-5-11(12,13)14)15-6-4-10-7-17-8-16-10/h7-9,15H,2-6H2,1H3. The van der Waals surface area contributed by atoms with Crippen LogP contribution in [0.5, 0.6) is 0 Å². The highest BCUT2D eigenvalue weighted by Crippen LogP contribution is 2.22. The van der Waals surface area contributed by atoms with Crippen LogP contribution < -0.4 is 5.32 Å². The van der Waals surface area contributed by atoms with Crippen molar-refractivity contribution in [2.45, 2.75) is 44.8 Å². The third kappa shape index (κ3) is 7.33. The normalized spacial score (nSPS) is 13.9. The molecule has 1 rings (SSSR count). The van der Waals surface area contributed by atoms with Gasteiger partial charge in [-0.3, -0.25) is 0 Å². The number of aromatic nitrogens is 1. The van der Waals surface area contributed by atoms with Crippen LogP contribution in [-0.4, -0.2) is 23.7 Å². The van der Waals surface area contributed by atoms with Gasteiger partial charge in [0.2, 0.25) is 0 Å². The maximum absolute atomic E-state index is 11.9. The third-order valence-electron chi connectivity index (χ3n) is 2.45. The summed E-state index contributed by atoms with van der Waals surface area (Å²) < 4.78 is 35.7. The smallest absolute Gasteiger partial charge is 0.314 e. The molecule has 0 aliphatic heterocycles. The second kappa shape index (κ2) is 6.96. The van der Waals surface area contributed by atoms with Crippen LogP contribution >= 0.6 is 11.3 Å². The van der Waals surface area contributed by atoms with E-state index in [9.17, 15) is 13.2 Å². The molecule has 0 aliphatic rings. The molecule has 0 radical (unpaired) electrons. The molecule has 1 aromatic heterocycles. The first-order valence-corrected chi connectivity index (χ1v) is 6.59. The molecule has 1 heterocycles. The summed E-state index contributed by atoms with van der Waals surface area (Å²) in [6, 6.07) is 0.121. The van der Waals surface area contributed by atoms with Gasteiger partial charge in [-0.1, -0.05) is 0 Å². The topological polar surface area (TPSA) is 24.9 Å². The van der Waals surface area contributed by atoms with Crippen molar-refractivity contribution in [1.82, 2.24) is 10.3 Å². The lowest BCUT2D eigenvalue weighted by atomic mass is 10.1. The molecule has 2 nitrogen and oxygen atoms in total. The van der Waals surface area contributed by atoms with Gasteiger partial charge in [-0.05, 0) is 19.8 Å². The SMILES string of the molecule is CC(CCCC(F)(F)F)NCCc1cscn1. The molecule has 1 atom stereocenters. The lowest BCUT2D eigenvalue weighted by Gasteiger charge is -2.13. The van der Waals surface area contributed by atoms with Crippen LogP contribution in [-0.2, 0) is 6.42 Å². The number of rotatable bonds is 7. The zero-order valence-corrected chi connectivity index (χ0v) is 10.6. The highest BCUT2D eigenvalue weighted by Gasteiger charge is 2.26. The van der Waals surface area contributed by atoms with Gasteiger partial charge in [0.05, 0.1) is 11.2 Å². The van der Waals surface area contributed by atoms with Crippen molar-refractivity contribution in [1.29, 1.82) is 0 Å². The molecular weight excluding hydrogens is 249 g/mol. The summed E-state index contributed by atoms with van der Waals surface area (Å²) in [5, 5.41) is 5.19. The number of nitrogens with zero attached hydrogens (tertiary/aromatic N) is 1. The fourth-order valence-electron chi connectivity index (χ4n) is 1.52. The summed E-state index contributed by atoms with van der Waals surface area (Å²) >= 11 is 1.55. The van der Waals surface area contributed by atoms with Crippen molar-refractivity contribution in [3.63, 3.8) is 0 Å². The molecule has 0 aromatic carbocycles. The van der Waals surface area contributed by atoms with E-state index in [4.69, 9.17) is 0 Å². The van der Waals surface area contributed by atoms with Gasteiger partial charge in [-0.15, -0.1) is 11.3 Å². The Morgan fingerprint density at radius 2 is 2.24 bits per heavy atom. The average molecular weight is 266 g/mol. The predicted molar refractivity (Wildman–Crippen MR) is 63.2 cm³/mol. The maximum atomic E-state index is 11.9. The Kier molecular flexibility index (Phi) is 5.91. The van der Waals surface area contributed by atoms with E-state index in [1.54, 1.807) is 16.8 Å². The van der Waals surface area contributed by atoms with E-state index in [1.807, 2.05) is 12.3 Å². The summed E-state index contributed by atoms with van der Waals surface area (Å²) in [6.07, 6.45) is -3.15. The van der Waals surface area contributed by atoms with Gasteiger partial charge >= 0.3 is 6.18 Å². The molecule has 0 amide bonds. The summed E-state index contributed by atoms with van der Waals surface area (Å²) in [4.78, 5) is 4.14. The van der Waals surface area contributed by atoms with E-state index in [1.165, 1.54) is 0 Å². The van der Waals surface area contributed by atoms with E-state index >= 15 is 0 Å². The minimum Gasteiger partial charge on any atom is -0.314 e. The average Bonchev–Trinajstić information content (AvgIpc) is 2.68. The zero-order chi connectivity index (χ0) is 12.7. The van der Waals surface area contributed by atoms with Gasteiger partial charge in [0.1, 0.15) is 0 Å².